The van der Waals surface area contributed by atoms with Gasteiger partial charge in [-0.25, -0.2) is 0 Å². The molecule has 4 heteroatoms. The van der Waals surface area contributed by atoms with Crippen LogP contribution in [0.2, 0.25) is 10.0 Å². The molecule has 2 N–H and O–H groups in total. The molecule has 106 valence electrons. The number of aryl methyl sites for hydroxylation is 1. The summed E-state index contributed by atoms with van der Waals surface area (Å²) in [5.74, 6) is 0. The van der Waals surface area contributed by atoms with Crippen molar-refractivity contribution in [1.29, 1.82) is 0 Å². The highest BCUT2D eigenvalue weighted by Gasteiger charge is 2.22. The highest BCUT2D eigenvalue weighted by Crippen LogP contribution is 2.30. The van der Waals surface area contributed by atoms with Crippen molar-refractivity contribution in [1.82, 2.24) is 0 Å². The van der Waals surface area contributed by atoms with Gasteiger partial charge >= 0.3 is 0 Å². The molecule has 0 saturated carbocycles. The minimum atomic E-state index is -0.984. The number of halogens is 2. The highest BCUT2D eigenvalue weighted by atomic mass is 35.5. The van der Waals surface area contributed by atoms with Crippen molar-refractivity contribution in [2.24, 2.45) is 0 Å². The van der Waals surface area contributed by atoms with Gasteiger partial charge in [-0.2, -0.15) is 0 Å². The van der Waals surface area contributed by atoms with Gasteiger partial charge in [-0.3, -0.25) is 0 Å². The molecule has 0 aliphatic rings. The van der Waals surface area contributed by atoms with E-state index in [1.54, 1.807) is 13.0 Å². The Balaban J connectivity index is 2.14. The van der Waals surface area contributed by atoms with Crippen LogP contribution >= 0.6 is 23.2 Å². The van der Waals surface area contributed by atoms with Gasteiger partial charge in [0.15, 0.2) is 0 Å². The summed E-state index contributed by atoms with van der Waals surface area (Å²) in [4.78, 5) is 0. The fourth-order valence-electron chi connectivity index (χ4n) is 1.95. The fraction of sp³-hybridized carbons (Fsp3) is 0.250. The standard InChI is InChI=1S/C16H17Cl2NO/c1-11-8-14(18)15(9-13(11)17)19-10-16(2,20)12-6-4-3-5-7-12/h3-9,19-20H,10H2,1-2H3. The van der Waals surface area contributed by atoms with Gasteiger partial charge < -0.3 is 10.4 Å². The van der Waals surface area contributed by atoms with Crippen LogP contribution < -0.4 is 5.32 Å². The lowest BCUT2D eigenvalue weighted by molar-refractivity contribution is 0.0715. The number of anilines is 1. The lowest BCUT2D eigenvalue weighted by atomic mass is 9.96. The summed E-state index contributed by atoms with van der Waals surface area (Å²) in [5.41, 5.74) is 1.51. The number of aliphatic hydroxyl groups is 1. The van der Waals surface area contributed by atoms with Crippen LogP contribution in [0.15, 0.2) is 42.5 Å². The van der Waals surface area contributed by atoms with Crippen molar-refractivity contribution in [3.63, 3.8) is 0 Å². The van der Waals surface area contributed by atoms with Gasteiger partial charge in [0.1, 0.15) is 5.60 Å². The van der Waals surface area contributed by atoms with E-state index in [0.29, 0.717) is 16.6 Å². The zero-order valence-corrected chi connectivity index (χ0v) is 13.0. The summed E-state index contributed by atoms with van der Waals surface area (Å²) in [6.07, 6.45) is 0. The van der Waals surface area contributed by atoms with E-state index in [9.17, 15) is 5.11 Å². The van der Waals surface area contributed by atoms with Crippen LogP contribution in [0.25, 0.3) is 0 Å². The lowest BCUT2D eigenvalue weighted by Crippen LogP contribution is -2.30. The van der Waals surface area contributed by atoms with Crippen molar-refractivity contribution < 1.29 is 5.11 Å². The van der Waals surface area contributed by atoms with Crippen LogP contribution in [-0.4, -0.2) is 11.7 Å². The summed E-state index contributed by atoms with van der Waals surface area (Å²) in [5, 5.41) is 14.9. The predicted molar refractivity (Wildman–Crippen MR) is 85.7 cm³/mol. The molecule has 2 aromatic carbocycles. The molecular formula is C16H17Cl2NO. The van der Waals surface area contributed by atoms with Crippen LogP contribution in [-0.2, 0) is 5.60 Å². The Hall–Kier alpha value is -1.22. The molecule has 1 unspecified atom stereocenters. The molecule has 1 atom stereocenters. The van der Waals surface area contributed by atoms with E-state index in [-0.39, 0.29) is 0 Å². The molecule has 0 heterocycles. The Bertz CT molecular complexity index is 597. The Morgan fingerprint density at radius 1 is 1.10 bits per heavy atom. The number of rotatable bonds is 4. The second-order valence-corrected chi connectivity index (χ2v) is 5.89. The van der Waals surface area contributed by atoms with Crippen LogP contribution in [0.5, 0.6) is 0 Å². The molecule has 0 amide bonds. The smallest absolute Gasteiger partial charge is 0.104 e. The zero-order valence-electron chi connectivity index (χ0n) is 11.5. The Labute approximate surface area is 129 Å². The minimum absolute atomic E-state index is 0.343. The van der Waals surface area contributed by atoms with Crippen LogP contribution in [0.1, 0.15) is 18.1 Å². The SMILES string of the molecule is Cc1cc(Cl)c(NCC(C)(O)c2ccccc2)cc1Cl. The average molecular weight is 310 g/mol. The summed E-state index contributed by atoms with van der Waals surface area (Å²) < 4.78 is 0. The molecular weight excluding hydrogens is 293 g/mol. The minimum Gasteiger partial charge on any atom is -0.384 e. The van der Waals surface area contributed by atoms with Crippen molar-refractivity contribution >= 4 is 28.9 Å². The molecule has 2 nitrogen and oxygen atoms in total. The molecule has 0 spiro atoms. The van der Waals surface area contributed by atoms with E-state index in [2.05, 4.69) is 5.32 Å². The maximum Gasteiger partial charge on any atom is 0.104 e. The first-order valence-electron chi connectivity index (χ1n) is 6.37. The molecule has 20 heavy (non-hydrogen) atoms. The molecule has 0 aromatic heterocycles. The predicted octanol–water partition coefficient (Wildman–Crippen LogP) is 4.62. The highest BCUT2D eigenvalue weighted by molar-refractivity contribution is 6.35. The molecule has 2 aromatic rings. The average Bonchev–Trinajstić information content (AvgIpc) is 2.42. The molecule has 0 aliphatic carbocycles. The Morgan fingerprint density at radius 3 is 2.40 bits per heavy atom. The number of hydrogen-bond acceptors (Lipinski definition) is 2. The van der Waals surface area contributed by atoms with E-state index in [0.717, 1.165) is 16.8 Å². The normalized spacial score (nSPS) is 13.8. The quantitative estimate of drug-likeness (QED) is 0.863. The van der Waals surface area contributed by atoms with Crippen molar-refractivity contribution in [2.45, 2.75) is 19.4 Å². The van der Waals surface area contributed by atoms with Gasteiger partial charge in [0.05, 0.1) is 10.7 Å². The first kappa shape index (κ1) is 15.2. The number of benzene rings is 2. The van der Waals surface area contributed by atoms with Crippen LogP contribution in [0, 0.1) is 6.92 Å². The lowest BCUT2D eigenvalue weighted by Gasteiger charge is -2.25. The van der Waals surface area contributed by atoms with E-state index in [1.165, 1.54) is 0 Å². The summed E-state index contributed by atoms with van der Waals surface area (Å²) >= 11 is 12.3. The monoisotopic (exact) mass is 309 g/mol. The second-order valence-electron chi connectivity index (χ2n) is 5.07. The van der Waals surface area contributed by atoms with Crippen LogP contribution in [0.3, 0.4) is 0 Å². The van der Waals surface area contributed by atoms with Crippen molar-refractivity contribution in [2.75, 3.05) is 11.9 Å². The maximum absolute atomic E-state index is 10.5. The Kier molecular flexibility index (Phi) is 4.59. The molecule has 0 radical (unpaired) electrons. The maximum atomic E-state index is 10.5. The van der Waals surface area contributed by atoms with E-state index >= 15 is 0 Å². The topological polar surface area (TPSA) is 32.3 Å². The molecule has 0 saturated heterocycles. The number of hydrogen-bond donors (Lipinski definition) is 2. The summed E-state index contributed by atoms with van der Waals surface area (Å²) in [6.45, 7) is 4.01. The van der Waals surface area contributed by atoms with E-state index < -0.39 is 5.60 Å². The Morgan fingerprint density at radius 2 is 1.75 bits per heavy atom. The van der Waals surface area contributed by atoms with Gasteiger partial charge in [0.2, 0.25) is 0 Å². The second kappa shape index (κ2) is 6.04. The fourth-order valence-corrected chi connectivity index (χ4v) is 2.40. The van der Waals surface area contributed by atoms with Gasteiger partial charge in [-0.1, -0.05) is 53.5 Å². The van der Waals surface area contributed by atoms with E-state index in [4.69, 9.17) is 23.2 Å². The third-order valence-electron chi connectivity index (χ3n) is 3.27. The van der Waals surface area contributed by atoms with E-state index in [1.807, 2.05) is 43.3 Å². The third kappa shape index (κ3) is 3.45. The van der Waals surface area contributed by atoms with Gasteiger partial charge in [-0.05, 0) is 37.1 Å². The third-order valence-corrected chi connectivity index (χ3v) is 3.99. The molecule has 0 bridgehead atoms. The van der Waals surface area contributed by atoms with Gasteiger partial charge in [0, 0.05) is 11.6 Å². The molecule has 2 rings (SSSR count). The molecule has 0 aliphatic heterocycles. The van der Waals surface area contributed by atoms with Crippen molar-refractivity contribution in [3.05, 3.63) is 63.6 Å². The van der Waals surface area contributed by atoms with Gasteiger partial charge in [0.25, 0.3) is 0 Å². The first-order valence-corrected chi connectivity index (χ1v) is 7.13. The zero-order chi connectivity index (χ0) is 14.8. The summed E-state index contributed by atoms with van der Waals surface area (Å²) in [6, 6.07) is 13.1. The first-order chi connectivity index (χ1) is 9.40. The van der Waals surface area contributed by atoms with Crippen LogP contribution in [0.4, 0.5) is 5.69 Å². The largest absolute Gasteiger partial charge is 0.384 e. The number of nitrogens with one attached hydrogen (secondary N) is 1. The van der Waals surface area contributed by atoms with Crippen molar-refractivity contribution in [3.8, 4) is 0 Å². The summed E-state index contributed by atoms with van der Waals surface area (Å²) in [7, 11) is 0. The van der Waals surface area contributed by atoms with Gasteiger partial charge in [-0.15, -0.1) is 0 Å². The molecule has 0 fully saturated rings.